The first-order chi connectivity index (χ1) is 6.15. The van der Waals surface area contributed by atoms with Crippen molar-refractivity contribution in [2.45, 2.75) is 44.7 Å². The van der Waals surface area contributed by atoms with Gasteiger partial charge in [-0.3, -0.25) is 9.59 Å². The van der Waals surface area contributed by atoms with E-state index in [2.05, 4.69) is 5.32 Å². The molecule has 4 nitrogen and oxygen atoms in total. The minimum absolute atomic E-state index is 0. The Morgan fingerprint density at radius 2 is 2.07 bits per heavy atom. The zero-order valence-corrected chi connectivity index (χ0v) is 9.10. The summed E-state index contributed by atoms with van der Waals surface area (Å²) in [7, 11) is 0. The molecule has 5 heteroatoms. The van der Waals surface area contributed by atoms with Gasteiger partial charge in [-0.05, 0) is 19.3 Å². The average Bonchev–Trinajstić information content (AvgIpc) is 2.87. The van der Waals surface area contributed by atoms with Crippen LogP contribution in [0.5, 0.6) is 0 Å². The van der Waals surface area contributed by atoms with Gasteiger partial charge in [0.25, 0.3) is 5.91 Å². The number of carbonyl (C=O) groups is 2. The molecular formula is C9H17ClN2O2. The molecule has 1 rings (SSSR count). The molecule has 82 valence electrons. The van der Waals surface area contributed by atoms with Gasteiger partial charge in [0.2, 0.25) is 5.78 Å². The van der Waals surface area contributed by atoms with Gasteiger partial charge in [-0.2, -0.15) is 0 Å². The predicted molar refractivity (Wildman–Crippen MR) is 56.3 cm³/mol. The van der Waals surface area contributed by atoms with Crippen molar-refractivity contribution in [2.75, 3.05) is 0 Å². The zero-order chi connectivity index (χ0) is 9.84. The molecule has 0 spiro atoms. The van der Waals surface area contributed by atoms with E-state index in [1.807, 2.05) is 6.92 Å². The van der Waals surface area contributed by atoms with Crippen LogP contribution in [0.25, 0.3) is 0 Å². The van der Waals surface area contributed by atoms with Gasteiger partial charge in [-0.1, -0.05) is 13.3 Å². The van der Waals surface area contributed by atoms with Gasteiger partial charge in [0, 0.05) is 6.04 Å². The second-order valence-electron chi connectivity index (χ2n) is 3.51. The summed E-state index contributed by atoms with van der Waals surface area (Å²) in [5, 5.41) is 2.62. The smallest absolute Gasteiger partial charge is 0.289 e. The van der Waals surface area contributed by atoms with Crippen LogP contribution in [0.4, 0.5) is 0 Å². The van der Waals surface area contributed by atoms with Crippen LogP contribution in [0.15, 0.2) is 0 Å². The summed E-state index contributed by atoms with van der Waals surface area (Å²) in [5.41, 5.74) is 5.51. The molecule has 0 saturated heterocycles. The highest BCUT2D eigenvalue weighted by atomic mass is 35.5. The lowest BCUT2D eigenvalue weighted by Gasteiger charge is -2.08. The molecule has 1 fully saturated rings. The molecule has 0 radical (unpaired) electrons. The first kappa shape index (κ1) is 13.4. The van der Waals surface area contributed by atoms with Crippen LogP contribution in [0, 0.1) is 0 Å². The summed E-state index contributed by atoms with van der Waals surface area (Å²) in [5.74, 6) is -0.989. The van der Waals surface area contributed by atoms with Crippen LogP contribution in [-0.4, -0.2) is 23.8 Å². The molecule has 0 aliphatic heterocycles. The SMILES string of the molecule is CCCC(N)C(=O)C(=O)NC1CC1.Cl. The summed E-state index contributed by atoms with van der Waals surface area (Å²) >= 11 is 0. The van der Waals surface area contributed by atoms with Crippen molar-refractivity contribution >= 4 is 24.1 Å². The molecule has 3 N–H and O–H groups in total. The molecule has 14 heavy (non-hydrogen) atoms. The highest BCUT2D eigenvalue weighted by Gasteiger charge is 2.28. The van der Waals surface area contributed by atoms with Crippen molar-refractivity contribution in [1.29, 1.82) is 0 Å². The van der Waals surface area contributed by atoms with E-state index in [0.29, 0.717) is 6.42 Å². The summed E-state index contributed by atoms with van der Waals surface area (Å²) in [6, 6.07) is -0.394. The Labute approximate surface area is 90.0 Å². The lowest BCUT2D eigenvalue weighted by molar-refractivity contribution is -0.138. The van der Waals surface area contributed by atoms with Crippen molar-refractivity contribution in [3.63, 3.8) is 0 Å². The highest BCUT2D eigenvalue weighted by molar-refractivity contribution is 6.38. The highest BCUT2D eigenvalue weighted by Crippen LogP contribution is 2.18. The quantitative estimate of drug-likeness (QED) is 0.659. The van der Waals surface area contributed by atoms with Crippen LogP contribution < -0.4 is 11.1 Å². The van der Waals surface area contributed by atoms with Crippen LogP contribution in [0.3, 0.4) is 0 Å². The number of halogens is 1. The molecule has 0 heterocycles. The number of nitrogens with two attached hydrogens (primary N) is 1. The van der Waals surface area contributed by atoms with Gasteiger partial charge < -0.3 is 11.1 Å². The summed E-state index contributed by atoms with van der Waals surface area (Å²) in [6.07, 6.45) is 3.38. The molecule has 0 aromatic heterocycles. The molecular weight excluding hydrogens is 204 g/mol. The average molecular weight is 221 g/mol. The number of Topliss-reactive ketones (excluding diaryl/α,β-unsaturated/α-hetero) is 1. The number of nitrogens with one attached hydrogen (secondary N) is 1. The molecule has 1 amide bonds. The second kappa shape index (κ2) is 5.98. The first-order valence-corrected chi connectivity index (χ1v) is 4.75. The van der Waals surface area contributed by atoms with Crippen molar-refractivity contribution in [3.8, 4) is 0 Å². The van der Waals surface area contributed by atoms with Crippen LogP contribution in [0.1, 0.15) is 32.6 Å². The van der Waals surface area contributed by atoms with Crippen molar-refractivity contribution in [1.82, 2.24) is 5.32 Å². The van der Waals surface area contributed by atoms with Crippen molar-refractivity contribution in [3.05, 3.63) is 0 Å². The fourth-order valence-electron chi connectivity index (χ4n) is 1.09. The van der Waals surface area contributed by atoms with Gasteiger partial charge >= 0.3 is 0 Å². The van der Waals surface area contributed by atoms with E-state index >= 15 is 0 Å². The molecule has 1 aliphatic carbocycles. The normalized spacial score (nSPS) is 16.7. The van der Waals surface area contributed by atoms with Gasteiger partial charge in [0.15, 0.2) is 0 Å². The van der Waals surface area contributed by atoms with Gasteiger partial charge in [-0.15, -0.1) is 12.4 Å². The van der Waals surface area contributed by atoms with E-state index in [9.17, 15) is 9.59 Å². The van der Waals surface area contributed by atoms with E-state index in [-0.39, 0.29) is 18.4 Å². The van der Waals surface area contributed by atoms with E-state index in [1.54, 1.807) is 0 Å². The largest absolute Gasteiger partial charge is 0.347 e. The van der Waals surface area contributed by atoms with Gasteiger partial charge in [-0.25, -0.2) is 0 Å². The third-order valence-corrected chi connectivity index (χ3v) is 2.07. The second-order valence-corrected chi connectivity index (χ2v) is 3.51. The lowest BCUT2D eigenvalue weighted by Crippen LogP contribution is -2.43. The number of amides is 1. The molecule has 1 unspecified atom stereocenters. The predicted octanol–water partition coefficient (Wildman–Crippen LogP) is 0.383. The maximum Gasteiger partial charge on any atom is 0.289 e. The minimum atomic E-state index is -0.622. The number of carbonyl (C=O) groups excluding carboxylic acids is 2. The fraction of sp³-hybridized carbons (Fsp3) is 0.778. The van der Waals surface area contributed by atoms with E-state index in [1.165, 1.54) is 0 Å². The first-order valence-electron chi connectivity index (χ1n) is 4.75. The number of ketones is 1. The Kier molecular flexibility index (Phi) is 5.72. The molecule has 1 aliphatic rings. The number of hydrogen-bond donors (Lipinski definition) is 2. The van der Waals surface area contributed by atoms with Crippen LogP contribution in [0.2, 0.25) is 0 Å². The maximum atomic E-state index is 11.3. The van der Waals surface area contributed by atoms with E-state index in [4.69, 9.17) is 5.73 Å². The van der Waals surface area contributed by atoms with Gasteiger partial charge in [0.1, 0.15) is 0 Å². The maximum absolute atomic E-state index is 11.3. The zero-order valence-electron chi connectivity index (χ0n) is 8.29. The molecule has 0 aromatic rings. The van der Waals surface area contributed by atoms with Crippen molar-refractivity contribution < 1.29 is 9.59 Å². The monoisotopic (exact) mass is 220 g/mol. The summed E-state index contributed by atoms with van der Waals surface area (Å²) in [6.45, 7) is 1.94. The molecule has 0 bridgehead atoms. The van der Waals surface area contributed by atoms with E-state index < -0.39 is 17.7 Å². The Bertz CT molecular complexity index is 217. The van der Waals surface area contributed by atoms with Crippen LogP contribution >= 0.6 is 12.4 Å². The van der Waals surface area contributed by atoms with Crippen molar-refractivity contribution in [2.24, 2.45) is 5.73 Å². The third kappa shape index (κ3) is 4.07. The molecule has 1 atom stereocenters. The summed E-state index contributed by atoms with van der Waals surface area (Å²) in [4.78, 5) is 22.4. The lowest BCUT2D eigenvalue weighted by atomic mass is 10.1. The van der Waals surface area contributed by atoms with Gasteiger partial charge in [0.05, 0.1) is 6.04 Å². The fourth-order valence-corrected chi connectivity index (χ4v) is 1.09. The third-order valence-electron chi connectivity index (χ3n) is 2.07. The Morgan fingerprint density at radius 1 is 1.50 bits per heavy atom. The Hall–Kier alpha value is -0.610. The summed E-state index contributed by atoms with van der Waals surface area (Å²) < 4.78 is 0. The Balaban J connectivity index is 0.00000169. The molecule has 1 saturated carbocycles. The topological polar surface area (TPSA) is 72.2 Å². The Morgan fingerprint density at radius 3 is 2.50 bits per heavy atom. The standard InChI is InChI=1S/C9H16N2O2.ClH/c1-2-3-7(10)8(12)9(13)11-6-4-5-6;/h6-7H,2-5,10H2,1H3,(H,11,13);1H. The number of rotatable bonds is 5. The van der Waals surface area contributed by atoms with E-state index in [0.717, 1.165) is 19.3 Å². The van der Waals surface area contributed by atoms with Crippen LogP contribution in [-0.2, 0) is 9.59 Å². The molecule has 0 aromatic carbocycles. The minimum Gasteiger partial charge on any atom is -0.347 e. The number of hydrogen-bond acceptors (Lipinski definition) is 3.